The molecule has 0 aromatic heterocycles. The normalized spacial score (nSPS) is 18.0. The second-order valence-corrected chi connectivity index (χ2v) is 26.8. The van der Waals surface area contributed by atoms with E-state index in [1.165, 1.54) is 18.9 Å². The quantitative estimate of drug-likeness (QED) is 0.0206. The first-order chi connectivity index (χ1) is 46.9. The molecule has 3 fully saturated rings. The number of anilines is 2. The predicted molar refractivity (Wildman–Crippen MR) is 358 cm³/mol. The van der Waals surface area contributed by atoms with Crippen molar-refractivity contribution in [2.24, 2.45) is 5.73 Å². The molecule has 6 heterocycles. The average molecular weight is 1380 g/mol. The Bertz CT molecular complexity index is 3560. The van der Waals surface area contributed by atoms with Crippen molar-refractivity contribution >= 4 is 100 Å². The summed E-state index contributed by atoms with van der Waals surface area (Å²) in [5.41, 5.74) is 7.10. The molecule has 0 radical (unpaired) electrons. The summed E-state index contributed by atoms with van der Waals surface area (Å²) < 4.78 is 23.7. The molecule has 0 saturated carbocycles. The maximum atomic E-state index is 13.2. The highest BCUT2D eigenvalue weighted by Gasteiger charge is 2.47. The Labute approximate surface area is 574 Å². The molecule has 0 spiro atoms. The second kappa shape index (κ2) is 36.8. The van der Waals surface area contributed by atoms with Gasteiger partial charge in [0.05, 0.1) is 33.4 Å². The number of amides is 12. The maximum Gasteiger partial charge on any atom is 0.306 e. The van der Waals surface area contributed by atoms with Crippen molar-refractivity contribution < 1.29 is 90.9 Å². The molecule has 12 amide bonds. The number of aliphatic carboxylic acids is 1. The Morgan fingerprint density at radius 2 is 0.747 bits per heavy atom. The Morgan fingerprint density at radius 3 is 1.08 bits per heavy atom. The molecule has 536 valence electrons. The number of carboxylic acid groups (broad SMARTS) is 1. The summed E-state index contributed by atoms with van der Waals surface area (Å²) in [7, 11) is 0. The van der Waals surface area contributed by atoms with Crippen LogP contribution in [0, 0.1) is 5.82 Å². The van der Waals surface area contributed by atoms with E-state index in [0.29, 0.717) is 38.0 Å². The number of rotatable bonds is 28. The van der Waals surface area contributed by atoms with Crippen molar-refractivity contribution in [2.45, 2.75) is 225 Å². The third-order valence-electron chi connectivity index (χ3n) is 16.5. The minimum atomic E-state index is -1.02. The Balaban J connectivity index is 0.000000217. The predicted octanol–water partition coefficient (Wildman–Crippen LogP) is 7.96. The van der Waals surface area contributed by atoms with Crippen LogP contribution in [-0.4, -0.2) is 158 Å². The first-order valence-corrected chi connectivity index (χ1v) is 33.9. The van der Waals surface area contributed by atoms with Crippen LogP contribution in [0.5, 0.6) is 0 Å². The number of carboxylic acids is 1. The molecule has 6 aliphatic heterocycles. The molecule has 0 aliphatic carbocycles. The highest BCUT2D eigenvalue weighted by atomic mass is 19.1. The number of nitrogens with two attached hydrogens (primary N) is 1. The number of hydrogen-bond donors (Lipinski definition) is 7. The van der Waals surface area contributed by atoms with Gasteiger partial charge in [-0.2, -0.15) is 0 Å². The number of esters is 2. The topological polar surface area (TPSA) is 391 Å². The number of nitrogens with one attached hydrogen (secondary N) is 5. The van der Waals surface area contributed by atoms with E-state index in [4.69, 9.17) is 20.3 Å². The lowest BCUT2D eigenvalue weighted by atomic mass is 10.0. The monoisotopic (exact) mass is 1380 g/mol. The van der Waals surface area contributed by atoms with Gasteiger partial charge in [0.25, 0.3) is 35.4 Å². The number of carbonyl (C=O) groups excluding carboxylic acids is 14. The fraction of sp³-hybridized carbons (Fsp3) is 0.535. The summed E-state index contributed by atoms with van der Waals surface area (Å²) in [6, 6.07) is 10.2. The fourth-order valence-electron chi connectivity index (χ4n) is 11.7. The van der Waals surface area contributed by atoms with E-state index in [9.17, 15) is 76.3 Å². The van der Waals surface area contributed by atoms with Crippen LogP contribution in [0.3, 0.4) is 0 Å². The zero-order chi connectivity index (χ0) is 72.7. The lowest BCUT2D eigenvalue weighted by Crippen LogP contribution is -2.54. The molecule has 28 heteroatoms. The highest BCUT2D eigenvalue weighted by Crippen LogP contribution is 2.33. The molecule has 3 saturated heterocycles. The largest absolute Gasteiger partial charge is 0.481 e. The van der Waals surface area contributed by atoms with E-state index in [2.05, 4.69) is 26.6 Å². The summed E-state index contributed by atoms with van der Waals surface area (Å²) >= 11 is 0. The van der Waals surface area contributed by atoms with Crippen LogP contribution in [-0.2, 0) is 52.6 Å². The summed E-state index contributed by atoms with van der Waals surface area (Å²) in [6.45, 7) is 13.4. The zero-order valence-corrected chi connectivity index (χ0v) is 57.2. The van der Waals surface area contributed by atoms with Gasteiger partial charge >= 0.3 is 17.9 Å². The van der Waals surface area contributed by atoms with Gasteiger partial charge in [-0.1, -0.05) is 57.8 Å². The first-order valence-electron chi connectivity index (χ1n) is 33.9. The lowest BCUT2D eigenvalue weighted by molar-refractivity contribution is -0.156. The van der Waals surface area contributed by atoms with Gasteiger partial charge in [0.15, 0.2) is 0 Å². The number of halogens is 1. The number of nitrogens with zero attached hydrogens (tertiary/aromatic N) is 3. The minimum Gasteiger partial charge on any atom is -0.481 e. The van der Waals surface area contributed by atoms with Crippen LogP contribution in [0.1, 0.15) is 258 Å². The van der Waals surface area contributed by atoms with Crippen molar-refractivity contribution in [3.05, 3.63) is 93.8 Å². The maximum absolute atomic E-state index is 13.2. The van der Waals surface area contributed by atoms with E-state index < -0.39 is 106 Å². The van der Waals surface area contributed by atoms with Crippen LogP contribution >= 0.6 is 0 Å². The second-order valence-electron chi connectivity index (χ2n) is 26.8. The van der Waals surface area contributed by atoms with E-state index in [1.807, 2.05) is 41.5 Å². The van der Waals surface area contributed by atoms with E-state index >= 15 is 0 Å². The lowest BCUT2D eigenvalue weighted by Gasteiger charge is -2.27. The fourth-order valence-corrected chi connectivity index (χ4v) is 11.7. The molecule has 27 nitrogen and oxygen atoms in total. The van der Waals surface area contributed by atoms with Crippen molar-refractivity contribution in [3.63, 3.8) is 0 Å². The Kier molecular flexibility index (Phi) is 29.2. The van der Waals surface area contributed by atoms with Gasteiger partial charge in [0.2, 0.25) is 35.4 Å². The summed E-state index contributed by atoms with van der Waals surface area (Å²) in [5.74, 6) is -8.20. The molecule has 3 atom stereocenters. The van der Waals surface area contributed by atoms with Gasteiger partial charge in [-0.3, -0.25) is 103 Å². The van der Waals surface area contributed by atoms with Crippen LogP contribution in [0.25, 0.3) is 0 Å². The SMILES string of the molecule is CC(C)(C)OC(=O)CCCCCCCN.CC(C)(C)OC(=O)CCCCCCCNc1ccc2c(c1)C(=O)N(C1CCC(=O)NC1=O)C2=O.O=C(O)CCCCCCCNc1ccc2c(c1)C(=O)N(C1CCC(=O)NC1=O)C2=O.O=C1CCC(N2C(=O)c3ccc(F)cc3C2=O)C(=O)N1. The third-order valence-corrected chi connectivity index (χ3v) is 16.5. The number of fused-ring (bicyclic) bond motifs is 3. The number of carbonyl (C=O) groups is 15. The molecule has 3 aromatic rings. The Morgan fingerprint density at radius 1 is 0.444 bits per heavy atom. The van der Waals surface area contributed by atoms with Crippen molar-refractivity contribution in [3.8, 4) is 0 Å². The van der Waals surface area contributed by atoms with E-state index in [0.717, 1.165) is 116 Å². The number of imide groups is 6. The van der Waals surface area contributed by atoms with Gasteiger partial charge in [0, 0.05) is 63.0 Å². The molecule has 0 bridgehead atoms. The number of hydrogen-bond acceptors (Lipinski definition) is 20. The number of unbranched alkanes of at least 4 members (excludes halogenated alkanes) is 12. The van der Waals surface area contributed by atoms with Gasteiger partial charge < -0.3 is 30.9 Å². The Hall–Kier alpha value is -9.60. The zero-order valence-electron chi connectivity index (χ0n) is 57.2. The number of benzene rings is 3. The van der Waals surface area contributed by atoms with Crippen molar-refractivity contribution in [1.29, 1.82) is 0 Å². The van der Waals surface area contributed by atoms with E-state index in [-0.39, 0.29) is 95.9 Å². The van der Waals surface area contributed by atoms with Gasteiger partial charge in [-0.15, -0.1) is 0 Å². The smallest absolute Gasteiger partial charge is 0.306 e. The molecular formula is C71H92FN9O18. The van der Waals surface area contributed by atoms with Gasteiger partial charge in [-0.25, -0.2) is 4.39 Å². The summed E-state index contributed by atoms with van der Waals surface area (Å²) in [6.07, 6.45) is 16.4. The molecule has 3 aromatic carbocycles. The van der Waals surface area contributed by atoms with Crippen LogP contribution in [0.2, 0.25) is 0 Å². The molecule has 8 N–H and O–H groups in total. The number of ether oxygens (including phenoxy) is 2. The minimum absolute atomic E-state index is 0.0537. The average Bonchev–Trinajstić information content (AvgIpc) is 1.63. The highest BCUT2D eigenvalue weighted by molar-refractivity contribution is 6.25. The number of piperidine rings is 3. The standard InChI is InChI=1S/C25H33N3O6.C21H25N3O6.C13H9FN2O4.C12H25NO2/c1-25(2,3)34-21(30)9-7-5-4-6-8-14-26-16-10-11-17-18(15-16)24(33)28(23(17)32)19-12-13-20(29)27-22(19)31;25-17-10-9-16(19(28)23-17)24-20(29)14-8-7-13(12-15(14)21(24)30)22-11-5-3-1-2-4-6-18(26)27;14-6-1-2-7-8(5-6)13(20)16(12(7)19)9-3-4-10(17)15-11(9)18;1-12(2,3)15-11(14)9-7-5-4-6-8-10-13/h10-11,15,19,26H,4-9,12-14H2,1-3H3,(H,27,29,31);7-8,12,16,22H,1-6,9-11H2,(H,26,27)(H,23,25,28);1-2,5,9H,3-4H2,(H,15,17,18);4-10,13H2,1-3H3. The molecule has 3 unspecified atom stereocenters. The molecule has 9 rings (SSSR count). The summed E-state index contributed by atoms with van der Waals surface area (Å²) in [5, 5.41) is 21.6. The molecular weight excluding hydrogens is 1290 g/mol. The first kappa shape index (κ1) is 78.4. The van der Waals surface area contributed by atoms with Crippen molar-refractivity contribution in [2.75, 3.05) is 30.3 Å². The van der Waals surface area contributed by atoms with Crippen LogP contribution < -0.4 is 32.3 Å². The van der Waals surface area contributed by atoms with Gasteiger partial charge in [0.1, 0.15) is 35.1 Å². The van der Waals surface area contributed by atoms with Crippen LogP contribution in [0.4, 0.5) is 15.8 Å². The third kappa shape index (κ3) is 23.3. The molecule has 6 aliphatic rings. The molecule has 99 heavy (non-hydrogen) atoms. The van der Waals surface area contributed by atoms with Crippen molar-refractivity contribution in [1.82, 2.24) is 30.7 Å². The summed E-state index contributed by atoms with van der Waals surface area (Å²) in [4.78, 5) is 181. The van der Waals surface area contributed by atoms with Crippen LogP contribution in [0.15, 0.2) is 54.6 Å². The van der Waals surface area contributed by atoms with E-state index in [1.54, 1.807) is 36.4 Å². The van der Waals surface area contributed by atoms with Gasteiger partial charge in [-0.05, 0) is 160 Å².